The van der Waals surface area contributed by atoms with Gasteiger partial charge >= 0.3 is 0 Å². The van der Waals surface area contributed by atoms with Crippen LogP contribution in [0.4, 0.5) is 0 Å². The molecule has 0 spiro atoms. The van der Waals surface area contributed by atoms with Crippen molar-refractivity contribution in [3.05, 3.63) is 30.3 Å². The molecule has 0 saturated carbocycles. The Hall–Kier alpha value is -1.06. The van der Waals surface area contributed by atoms with Crippen LogP contribution < -0.4 is 4.74 Å². The smallest absolute Gasteiger partial charge is 0.119 e. The van der Waals surface area contributed by atoms with Crippen molar-refractivity contribution in [1.29, 1.82) is 0 Å². The maximum absolute atomic E-state index is 10.1. The van der Waals surface area contributed by atoms with Crippen molar-refractivity contribution >= 4 is 0 Å². The Balaban J connectivity index is 1.87. The lowest BCUT2D eigenvalue weighted by atomic mass is 9.96. The Bertz CT molecular complexity index is 291. The van der Waals surface area contributed by atoms with Gasteiger partial charge in [-0.3, -0.25) is 0 Å². The van der Waals surface area contributed by atoms with Crippen molar-refractivity contribution in [3.63, 3.8) is 0 Å². The second kappa shape index (κ2) is 4.64. The molecule has 0 amide bonds. The van der Waals surface area contributed by atoms with Crippen LogP contribution in [0.5, 0.6) is 5.75 Å². The van der Waals surface area contributed by atoms with Crippen molar-refractivity contribution in [2.75, 3.05) is 19.8 Å². The molecule has 0 atom stereocenters. The summed E-state index contributed by atoms with van der Waals surface area (Å²) in [4.78, 5) is 0. The molecule has 2 rings (SSSR count). The number of ether oxygens (including phenoxy) is 2. The van der Waals surface area contributed by atoms with Gasteiger partial charge in [-0.25, -0.2) is 0 Å². The van der Waals surface area contributed by atoms with E-state index >= 15 is 0 Å². The molecule has 0 bridgehead atoms. The second-order valence-electron chi connectivity index (χ2n) is 3.94. The van der Waals surface area contributed by atoms with Crippen LogP contribution in [-0.2, 0) is 4.74 Å². The number of hydrogen-bond acceptors (Lipinski definition) is 3. The molecular formula is C12H16O3. The summed E-state index contributed by atoms with van der Waals surface area (Å²) in [6.07, 6.45) is 1.31. The highest BCUT2D eigenvalue weighted by Gasteiger charge is 2.30. The Morgan fingerprint density at radius 2 is 1.87 bits per heavy atom. The van der Waals surface area contributed by atoms with Crippen molar-refractivity contribution < 1.29 is 14.6 Å². The summed E-state index contributed by atoms with van der Waals surface area (Å²) >= 11 is 0. The first-order valence-electron chi connectivity index (χ1n) is 5.27. The lowest BCUT2D eigenvalue weighted by molar-refractivity contribution is -0.0855. The summed E-state index contributed by atoms with van der Waals surface area (Å²) in [5.41, 5.74) is -0.714. The van der Waals surface area contributed by atoms with Crippen molar-refractivity contribution in [2.45, 2.75) is 18.4 Å². The monoisotopic (exact) mass is 208 g/mol. The van der Waals surface area contributed by atoms with Crippen LogP contribution in [-0.4, -0.2) is 30.5 Å². The zero-order chi connectivity index (χ0) is 10.6. The number of rotatable bonds is 3. The summed E-state index contributed by atoms with van der Waals surface area (Å²) in [6.45, 7) is 1.59. The maximum atomic E-state index is 10.1. The molecule has 1 fully saturated rings. The molecule has 3 heteroatoms. The normalized spacial score (nSPS) is 19.8. The van der Waals surface area contributed by atoms with E-state index in [2.05, 4.69) is 0 Å². The molecule has 1 aromatic carbocycles. The van der Waals surface area contributed by atoms with E-state index < -0.39 is 5.60 Å². The Labute approximate surface area is 89.6 Å². The molecule has 1 aliphatic rings. The second-order valence-corrected chi connectivity index (χ2v) is 3.94. The van der Waals surface area contributed by atoms with Gasteiger partial charge in [-0.2, -0.15) is 0 Å². The van der Waals surface area contributed by atoms with Crippen LogP contribution in [0.25, 0.3) is 0 Å². The third kappa shape index (κ3) is 2.94. The fourth-order valence-electron chi connectivity index (χ4n) is 1.63. The van der Waals surface area contributed by atoms with Crippen molar-refractivity contribution in [1.82, 2.24) is 0 Å². The van der Waals surface area contributed by atoms with Gasteiger partial charge in [-0.05, 0) is 12.1 Å². The fraction of sp³-hybridized carbons (Fsp3) is 0.500. The van der Waals surface area contributed by atoms with E-state index in [1.165, 1.54) is 0 Å². The minimum atomic E-state index is -0.714. The Morgan fingerprint density at radius 1 is 1.20 bits per heavy atom. The lowest BCUT2D eigenvalue weighted by Gasteiger charge is -2.31. The minimum absolute atomic E-state index is 0.348. The van der Waals surface area contributed by atoms with Crippen LogP contribution >= 0.6 is 0 Å². The van der Waals surface area contributed by atoms with E-state index in [0.29, 0.717) is 32.7 Å². The van der Waals surface area contributed by atoms with E-state index in [1.807, 2.05) is 30.3 Å². The maximum Gasteiger partial charge on any atom is 0.119 e. The van der Waals surface area contributed by atoms with Gasteiger partial charge in [0.05, 0.1) is 0 Å². The van der Waals surface area contributed by atoms with Gasteiger partial charge in [0, 0.05) is 26.1 Å². The first kappa shape index (κ1) is 10.5. The van der Waals surface area contributed by atoms with Crippen LogP contribution in [0, 0.1) is 0 Å². The van der Waals surface area contributed by atoms with Crippen molar-refractivity contribution in [2.24, 2.45) is 0 Å². The lowest BCUT2D eigenvalue weighted by Crippen LogP contribution is -2.41. The standard InChI is InChI=1S/C12H16O3/c13-12(6-8-14-9-7-12)10-15-11-4-2-1-3-5-11/h1-5,13H,6-10H2. The highest BCUT2D eigenvalue weighted by Crippen LogP contribution is 2.21. The molecule has 0 unspecified atom stereocenters. The molecular weight excluding hydrogens is 192 g/mol. The third-order valence-electron chi connectivity index (χ3n) is 2.67. The quantitative estimate of drug-likeness (QED) is 0.820. The Morgan fingerprint density at radius 3 is 2.53 bits per heavy atom. The number of benzene rings is 1. The van der Waals surface area contributed by atoms with Gasteiger partial charge in [0.25, 0.3) is 0 Å². The minimum Gasteiger partial charge on any atom is -0.491 e. The number of hydrogen-bond donors (Lipinski definition) is 1. The molecule has 1 aromatic rings. The topological polar surface area (TPSA) is 38.7 Å². The van der Waals surface area contributed by atoms with Crippen LogP contribution in [0.1, 0.15) is 12.8 Å². The van der Waals surface area contributed by atoms with E-state index in [0.717, 1.165) is 5.75 Å². The molecule has 82 valence electrons. The average Bonchev–Trinajstić information content (AvgIpc) is 2.29. The van der Waals surface area contributed by atoms with E-state index in [4.69, 9.17) is 9.47 Å². The molecule has 1 saturated heterocycles. The molecule has 3 nitrogen and oxygen atoms in total. The van der Waals surface area contributed by atoms with Gasteiger partial charge in [0.1, 0.15) is 18.0 Å². The van der Waals surface area contributed by atoms with Crippen LogP contribution in [0.15, 0.2) is 30.3 Å². The van der Waals surface area contributed by atoms with E-state index in [9.17, 15) is 5.11 Å². The van der Waals surface area contributed by atoms with Crippen LogP contribution in [0.3, 0.4) is 0 Å². The van der Waals surface area contributed by atoms with E-state index in [-0.39, 0.29) is 0 Å². The molecule has 0 aliphatic carbocycles. The predicted octanol–water partition coefficient (Wildman–Crippen LogP) is 1.61. The van der Waals surface area contributed by atoms with Gasteiger partial charge < -0.3 is 14.6 Å². The zero-order valence-corrected chi connectivity index (χ0v) is 8.69. The molecule has 0 radical (unpaired) electrons. The van der Waals surface area contributed by atoms with Gasteiger partial charge in [-0.1, -0.05) is 18.2 Å². The van der Waals surface area contributed by atoms with Crippen molar-refractivity contribution in [3.8, 4) is 5.75 Å². The number of para-hydroxylation sites is 1. The molecule has 0 aromatic heterocycles. The summed E-state index contributed by atoms with van der Waals surface area (Å²) in [6, 6.07) is 9.56. The average molecular weight is 208 g/mol. The Kier molecular flexibility index (Phi) is 3.23. The van der Waals surface area contributed by atoms with Gasteiger partial charge in [-0.15, -0.1) is 0 Å². The highest BCUT2D eigenvalue weighted by atomic mass is 16.5. The van der Waals surface area contributed by atoms with E-state index in [1.54, 1.807) is 0 Å². The third-order valence-corrected chi connectivity index (χ3v) is 2.67. The molecule has 1 aliphatic heterocycles. The van der Waals surface area contributed by atoms with Crippen LogP contribution in [0.2, 0.25) is 0 Å². The predicted molar refractivity (Wildman–Crippen MR) is 56.9 cm³/mol. The first-order chi connectivity index (χ1) is 7.29. The molecule has 15 heavy (non-hydrogen) atoms. The summed E-state index contributed by atoms with van der Waals surface area (Å²) in [7, 11) is 0. The first-order valence-corrected chi connectivity index (χ1v) is 5.27. The van der Waals surface area contributed by atoms with Gasteiger partial charge in [0.15, 0.2) is 0 Å². The molecule has 1 heterocycles. The fourth-order valence-corrected chi connectivity index (χ4v) is 1.63. The van der Waals surface area contributed by atoms with Gasteiger partial charge in [0.2, 0.25) is 0 Å². The largest absolute Gasteiger partial charge is 0.491 e. The summed E-state index contributed by atoms with van der Waals surface area (Å²) in [5, 5.41) is 10.1. The summed E-state index contributed by atoms with van der Waals surface area (Å²) < 4.78 is 10.7. The zero-order valence-electron chi connectivity index (χ0n) is 8.69. The molecule has 1 N–H and O–H groups in total. The number of aliphatic hydroxyl groups is 1. The SMILES string of the molecule is OC1(COc2ccccc2)CCOCC1. The highest BCUT2D eigenvalue weighted by molar-refractivity contribution is 5.21. The summed E-state index contributed by atoms with van der Waals surface area (Å²) in [5.74, 6) is 0.803.